The second-order valence-corrected chi connectivity index (χ2v) is 7.31. The highest BCUT2D eigenvalue weighted by molar-refractivity contribution is 5.78. The van der Waals surface area contributed by atoms with Gasteiger partial charge in [-0.25, -0.2) is 0 Å². The van der Waals surface area contributed by atoms with Crippen LogP contribution in [0.2, 0.25) is 0 Å². The Bertz CT molecular complexity index is 367. The predicted octanol–water partition coefficient (Wildman–Crippen LogP) is 2.94. The van der Waals surface area contributed by atoms with E-state index < -0.39 is 0 Å². The Balaban J connectivity index is 2.09. The van der Waals surface area contributed by atoms with Gasteiger partial charge in [-0.3, -0.25) is 9.79 Å². The number of carbonyl (C=O) groups is 1. The van der Waals surface area contributed by atoms with Crippen molar-refractivity contribution in [3.8, 4) is 0 Å². The van der Waals surface area contributed by atoms with Gasteiger partial charge in [0.1, 0.15) is 5.60 Å². The molecule has 2 N–H and O–H groups in total. The summed E-state index contributed by atoms with van der Waals surface area (Å²) in [6, 6.07) is 0. The minimum atomic E-state index is -0.387. The number of hydrogen-bond donors (Lipinski definition) is 1. The number of likely N-dealkylation sites (tertiary alicyclic amines) is 1. The van der Waals surface area contributed by atoms with E-state index in [2.05, 4.69) is 16.8 Å². The Hall–Kier alpha value is -1.26. The summed E-state index contributed by atoms with van der Waals surface area (Å²) in [5.41, 5.74) is 5.64. The first-order chi connectivity index (χ1) is 10.3. The number of nitrogens with two attached hydrogens (primary N) is 1. The minimum absolute atomic E-state index is 0.113. The first-order valence-electron chi connectivity index (χ1n) is 8.54. The molecule has 128 valence electrons. The first kappa shape index (κ1) is 18.8. The van der Waals surface area contributed by atoms with Crippen LogP contribution in [0.15, 0.2) is 4.99 Å². The Morgan fingerprint density at radius 2 is 1.86 bits per heavy atom. The molecule has 0 atom stereocenters. The molecule has 1 saturated heterocycles. The molecule has 0 aromatic heterocycles. The summed E-state index contributed by atoms with van der Waals surface area (Å²) < 4.78 is 5.28. The molecule has 0 spiro atoms. The van der Waals surface area contributed by atoms with Gasteiger partial charge in [-0.15, -0.1) is 0 Å². The second kappa shape index (κ2) is 9.01. The Labute approximate surface area is 135 Å². The third-order valence-electron chi connectivity index (χ3n) is 3.84. The fourth-order valence-electron chi connectivity index (χ4n) is 2.48. The smallest absolute Gasteiger partial charge is 0.306 e. The summed E-state index contributed by atoms with van der Waals surface area (Å²) in [5.74, 6) is 1.37. The van der Waals surface area contributed by atoms with E-state index in [1.807, 2.05) is 20.8 Å². The van der Waals surface area contributed by atoms with Gasteiger partial charge < -0.3 is 15.4 Å². The lowest BCUT2D eigenvalue weighted by Gasteiger charge is -2.31. The van der Waals surface area contributed by atoms with Gasteiger partial charge in [0.25, 0.3) is 0 Å². The highest BCUT2D eigenvalue weighted by Crippen LogP contribution is 2.15. The van der Waals surface area contributed by atoms with Crippen LogP contribution in [0.25, 0.3) is 0 Å². The van der Waals surface area contributed by atoms with Crippen LogP contribution in [0.3, 0.4) is 0 Å². The molecule has 1 rings (SSSR count). The average molecular weight is 311 g/mol. The number of carbonyl (C=O) groups excluding carboxylic acids is 1. The second-order valence-electron chi connectivity index (χ2n) is 7.31. The summed E-state index contributed by atoms with van der Waals surface area (Å²) in [5, 5.41) is 0. The molecule has 5 nitrogen and oxygen atoms in total. The molecule has 0 aromatic rings. The third-order valence-corrected chi connectivity index (χ3v) is 3.84. The van der Waals surface area contributed by atoms with Crippen LogP contribution < -0.4 is 5.73 Å². The highest BCUT2D eigenvalue weighted by Gasteiger charge is 2.17. The maximum Gasteiger partial charge on any atom is 0.306 e. The zero-order valence-electron chi connectivity index (χ0n) is 14.7. The average Bonchev–Trinajstić information content (AvgIpc) is 2.41. The maximum absolute atomic E-state index is 11.6. The molecule has 0 unspecified atom stereocenters. The summed E-state index contributed by atoms with van der Waals surface area (Å²) in [4.78, 5) is 18.2. The molecule has 0 saturated carbocycles. The van der Waals surface area contributed by atoms with E-state index in [9.17, 15) is 4.79 Å². The first-order valence-corrected chi connectivity index (χ1v) is 8.54. The van der Waals surface area contributed by atoms with Crippen LogP contribution in [-0.4, -0.2) is 42.1 Å². The van der Waals surface area contributed by atoms with E-state index in [0.29, 0.717) is 12.4 Å². The van der Waals surface area contributed by atoms with E-state index in [1.165, 1.54) is 12.8 Å². The van der Waals surface area contributed by atoms with Crippen molar-refractivity contribution in [3.63, 3.8) is 0 Å². The molecular weight excluding hydrogens is 278 g/mol. The number of unbranched alkanes of at least 4 members (excludes halogenated alkanes) is 2. The lowest BCUT2D eigenvalue weighted by Crippen LogP contribution is -2.42. The van der Waals surface area contributed by atoms with Gasteiger partial charge in [-0.05, 0) is 52.4 Å². The number of ether oxygens (including phenoxy) is 1. The third kappa shape index (κ3) is 8.25. The number of nitrogens with zero attached hydrogens (tertiary/aromatic N) is 2. The molecule has 5 heteroatoms. The van der Waals surface area contributed by atoms with E-state index in [1.54, 1.807) is 0 Å². The van der Waals surface area contributed by atoms with Crippen LogP contribution >= 0.6 is 0 Å². The van der Waals surface area contributed by atoms with Crippen molar-refractivity contribution in [3.05, 3.63) is 0 Å². The molecule has 1 heterocycles. The molecule has 0 bridgehead atoms. The SMILES string of the molecule is CC1CCN(C(N)=NCCCCCC(=O)OC(C)(C)C)CC1. The zero-order valence-corrected chi connectivity index (χ0v) is 14.7. The monoisotopic (exact) mass is 311 g/mol. The van der Waals surface area contributed by atoms with Crippen LogP contribution in [-0.2, 0) is 9.53 Å². The standard InChI is InChI=1S/C17H33N3O2/c1-14-9-12-20(13-10-14)16(18)19-11-7-5-6-8-15(21)22-17(2,3)4/h14H,5-13H2,1-4H3,(H2,18,19). The molecule has 1 aliphatic rings. The Morgan fingerprint density at radius 3 is 2.45 bits per heavy atom. The number of esters is 1. The fraction of sp³-hybridized carbons (Fsp3) is 0.882. The van der Waals surface area contributed by atoms with E-state index >= 15 is 0 Å². The normalized spacial score (nSPS) is 17.6. The maximum atomic E-state index is 11.6. The van der Waals surface area contributed by atoms with Crippen LogP contribution in [0.1, 0.15) is 66.2 Å². The highest BCUT2D eigenvalue weighted by atomic mass is 16.6. The quantitative estimate of drug-likeness (QED) is 0.354. The molecule has 0 radical (unpaired) electrons. The van der Waals surface area contributed by atoms with Gasteiger partial charge in [-0.1, -0.05) is 13.3 Å². The predicted molar refractivity (Wildman–Crippen MR) is 90.8 cm³/mol. The van der Waals surface area contributed by atoms with Crippen molar-refractivity contribution in [1.82, 2.24) is 4.90 Å². The zero-order chi connectivity index (χ0) is 16.6. The van der Waals surface area contributed by atoms with E-state index in [4.69, 9.17) is 10.5 Å². The number of hydrogen-bond acceptors (Lipinski definition) is 3. The topological polar surface area (TPSA) is 67.9 Å². The minimum Gasteiger partial charge on any atom is -0.460 e. The summed E-state index contributed by atoms with van der Waals surface area (Å²) in [6.07, 6.45) is 5.69. The Kier molecular flexibility index (Phi) is 7.69. The van der Waals surface area contributed by atoms with Gasteiger partial charge in [0.2, 0.25) is 0 Å². The number of aliphatic imine (C=N–C) groups is 1. The van der Waals surface area contributed by atoms with E-state index in [-0.39, 0.29) is 11.6 Å². The van der Waals surface area contributed by atoms with Crippen molar-refractivity contribution in [2.24, 2.45) is 16.6 Å². The molecule has 0 aromatic carbocycles. The van der Waals surface area contributed by atoms with Gasteiger partial charge in [0.15, 0.2) is 5.96 Å². The van der Waals surface area contributed by atoms with Crippen LogP contribution in [0.4, 0.5) is 0 Å². The molecular formula is C17H33N3O2. The summed E-state index contributed by atoms with van der Waals surface area (Å²) in [7, 11) is 0. The lowest BCUT2D eigenvalue weighted by molar-refractivity contribution is -0.154. The lowest BCUT2D eigenvalue weighted by atomic mass is 10.00. The van der Waals surface area contributed by atoms with Gasteiger partial charge in [-0.2, -0.15) is 0 Å². The van der Waals surface area contributed by atoms with Crippen LogP contribution in [0, 0.1) is 5.92 Å². The Morgan fingerprint density at radius 1 is 1.23 bits per heavy atom. The fourth-order valence-corrected chi connectivity index (χ4v) is 2.48. The summed E-state index contributed by atoms with van der Waals surface area (Å²) in [6.45, 7) is 10.8. The van der Waals surface area contributed by atoms with Gasteiger partial charge in [0.05, 0.1) is 0 Å². The molecule has 1 aliphatic heterocycles. The molecule has 0 aliphatic carbocycles. The number of piperidine rings is 1. The largest absolute Gasteiger partial charge is 0.460 e. The molecule has 0 amide bonds. The van der Waals surface area contributed by atoms with Gasteiger partial charge >= 0.3 is 5.97 Å². The number of guanidine groups is 1. The van der Waals surface area contributed by atoms with Crippen molar-refractivity contribution in [1.29, 1.82) is 0 Å². The van der Waals surface area contributed by atoms with Crippen molar-refractivity contribution < 1.29 is 9.53 Å². The summed E-state index contributed by atoms with van der Waals surface area (Å²) >= 11 is 0. The van der Waals surface area contributed by atoms with Crippen molar-refractivity contribution in [2.75, 3.05) is 19.6 Å². The molecule has 22 heavy (non-hydrogen) atoms. The molecule has 1 fully saturated rings. The van der Waals surface area contributed by atoms with Crippen molar-refractivity contribution in [2.45, 2.75) is 71.8 Å². The number of rotatable bonds is 6. The van der Waals surface area contributed by atoms with Crippen LogP contribution in [0.5, 0.6) is 0 Å². The van der Waals surface area contributed by atoms with E-state index in [0.717, 1.165) is 44.8 Å². The van der Waals surface area contributed by atoms with Gasteiger partial charge in [0, 0.05) is 26.1 Å². The van der Waals surface area contributed by atoms with Crippen molar-refractivity contribution >= 4 is 11.9 Å².